The van der Waals surface area contributed by atoms with Crippen LogP contribution in [0.4, 0.5) is 5.69 Å². The van der Waals surface area contributed by atoms with Gasteiger partial charge in [0.05, 0.1) is 25.0 Å². The molecule has 2 aromatic carbocycles. The average Bonchev–Trinajstić information content (AvgIpc) is 3.39. The number of β-amino-alcohol motifs (C(OH)–C–C–N with tert-alkyl or cyclic N) is 1. The zero-order chi connectivity index (χ0) is 24.2. The minimum absolute atomic E-state index is 0. The lowest BCUT2D eigenvalue weighted by Crippen LogP contribution is -2.39. The normalized spacial score (nSPS) is 17.8. The highest BCUT2D eigenvalue weighted by molar-refractivity contribution is 5.99. The minimum Gasteiger partial charge on any atom is -0.482 e. The molecule has 2 aromatic rings. The van der Waals surface area contributed by atoms with Crippen molar-refractivity contribution in [3.63, 3.8) is 0 Å². The molecular weight excluding hydrogens is 474 g/mol. The number of nitrogens with one attached hydrogen (secondary N) is 1. The Morgan fingerprint density at radius 1 is 1.26 bits per heavy atom. The summed E-state index contributed by atoms with van der Waals surface area (Å²) in [5, 5.41) is 21.7. The number of amides is 2. The number of ether oxygens (including phenoxy) is 1. The van der Waals surface area contributed by atoms with Crippen molar-refractivity contribution in [1.82, 2.24) is 9.80 Å². The van der Waals surface area contributed by atoms with E-state index < -0.39 is 12.6 Å². The predicted molar refractivity (Wildman–Crippen MR) is 132 cm³/mol. The van der Waals surface area contributed by atoms with Crippen LogP contribution in [0.15, 0.2) is 42.5 Å². The highest BCUT2D eigenvalue weighted by Crippen LogP contribution is 2.28. The molecular formula is C25H30ClN3O6. The van der Waals surface area contributed by atoms with E-state index in [0.717, 1.165) is 28.9 Å². The number of carbonyl (C=O) groups excluding carboxylic acids is 2. The van der Waals surface area contributed by atoms with Crippen molar-refractivity contribution in [1.29, 1.82) is 0 Å². The number of hydrogen-bond acceptors (Lipinski definition) is 6. The number of fused-ring (bicyclic) bond motifs is 1. The molecule has 3 N–H and O–H groups in total. The lowest BCUT2D eigenvalue weighted by Gasteiger charge is -2.32. The number of aliphatic carboxylic acids is 1. The molecule has 188 valence electrons. The second-order valence-electron chi connectivity index (χ2n) is 8.87. The highest BCUT2D eigenvalue weighted by Gasteiger charge is 2.29. The van der Waals surface area contributed by atoms with Crippen molar-refractivity contribution in [3.05, 3.63) is 59.2 Å². The molecule has 1 fully saturated rings. The fourth-order valence-corrected chi connectivity index (χ4v) is 4.48. The molecule has 4 rings (SSSR count). The van der Waals surface area contributed by atoms with Gasteiger partial charge in [-0.25, -0.2) is 4.79 Å². The van der Waals surface area contributed by atoms with E-state index in [1.165, 1.54) is 0 Å². The Kier molecular flexibility index (Phi) is 8.71. The SMILES string of the molecule is CN(C(=O)Cc1ccc2c(c1)NC(=O)C2)C(CN1CC[C@H](O)C1)c1cccc(OCC(=O)O)c1.Cl. The summed E-state index contributed by atoms with van der Waals surface area (Å²) in [5.41, 5.74) is 3.31. The van der Waals surface area contributed by atoms with Gasteiger partial charge in [-0.05, 0) is 41.3 Å². The molecule has 1 unspecified atom stereocenters. The number of likely N-dealkylation sites (tertiary alicyclic amines) is 1. The van der Waals surface area contributed by atoms with Crippen LogP contribution in [0.1, 0.15) is 29.2 Å². The van der Waals surface area contributed by atoms with E-state index in [-0.39, 0.29) is 42.8 Å². The molecule has 2 heterocycles. The summed E-state index contributed by atoms with van der Waals surface area (Å²) >= 11 is 0. The number of hydrogen-bond donors (Lipinski definition) is 3. The fourth-order valence-electron chi connectivity index (χ4n) is 4.48. The van der Waals surface area contributed by atoms with E-state index in [4.69, 9.17) is 9.84 Å². The number of rotatable bonds is 9. The Labute approximate surface area is 210 Å². The number of carboxylic acids is 1. The summed E-state index contributed by atoms with van der Waals surface area (Å²) in [5.74, 6) is -0.785. The van der Waals surface area contributed by atoms with Gasteiger partial charge in [0.15, 0.2) is 6.61 Å². The molecule has 2 amide bonds. The van der Waals surface area contributed by atoms with Crippen molar-refractivity contribution in [2.75, 3.05) is 38.6 Å². The summed E-state index contributed by atoms with van der Waals surface area (Å²) in [6, 6.07) is 12.4. The molecule has 2 aliphatic rings. The van der Waals surface area contributed by atoms with Crippen LogP contribution in [0.5, 0.6) is 5.75 Å². The van der Waals surface area contributed by atoms with Crippen LogP contribution in [0, 0.1) is 0 Å². The molecule has 9 nitrogen and oxygen atoms in total. The Bertz CT molecular complexity index is 1090. The van der Waals surface area contributed by atoms with Crippen molar-refractivity contribution in [2.45, 2.75) is 31.4 Å². The molecule has 0 spiro atoms. The lowest BCUT2D eigenvalue weighted by molar-refractivity contribution is -0.139. The largest absolute Gasteiger partial charge is 0.482 e. The van der Waals surface area contributed by atoms with Crippen molar-refractivity contribution in [3.8, 4) is 5.75 Å². The van der Waals surface area contributed by atoms with Gasteiger partial charge in [0.25, 0.3) is 0 Å². The quantitative estimate of drug-likeness (QED) is 0.478. The van der Waals surface area contributed by atoms with Crippen LogP contribution >= 0.6 is 12.4 Å². The van der Waals surface area contributed by atoms with Crippen LogP contribution in [-0.2, 0) is 27.2 Å². The summed E-state index contributed by atoms with van der Waals surface area (Å²) in [7, 11) is 1.75. The Morgan fingerprint density at radius 2 is 2.06 bits per heavy atom. The standard InChI is InChI=1S/C25H29N3O6.ClH/c1-27(24(31)10-16-5-6-17-12-23(30)26-21(17)9-16)22(14-28-8-7-19(29)13-28)18-3-2-4-20(11-18)34-15-25(32)33;/h2-6,9,11,19,22,29H,7-8,10,12-15H2,1H3,(H,26,30)(H,32,33);1H/t19-,22?;/m0./s1. The average molecular weight is 504 g/mol. The Balaban J connectivity index is 0.00000342. The number of anilines is 1. The summed E-state index contributed by atoms with van der Waals surface area (Å²) < 4.78 is 5.34. The van der Waals surface area contributed by atoms with Gasteiger partial charge in [0.2, 0.25) is 11.8 Å². The molecule has 0 radical (unpaired) electrons. The summed E-state index contributed by atoms with van der Waals surface area (Å²) in [4.78, 5) is 39.6. The van der Waals surface area contributed by atoms with Crippen LogP contribution < -0.4 is 10.1 Å². The van der Waals surface area contributed by atoms with Gasteiger partial charge in [-0.15, -0.1) is 12.4 Å². The van der Waals surface area contributed by atoms with Crippen LogP contribution in [0.3, 0.4) is 0 Å². The van der Waals surface area contributed by atoms with Gasteiger partial charge in [-0.3, -0.25) is 14.5 Å². The van der Waals surface area contributed by atoms with E-state index in [1.54, 1.807) is 30.1 Å². The third-order valence-corrected chi connectivity index (χ3v) is 6.30. The second-order valence-corrected chi connectivity index (χ2v) is 8.87. The van der Waals surface area contributed by atoms with Gasteiger partial charge in [0, 0.05) is 32.4 Å². The monoisotopic (exact) mass is 503 g/mol. The third-order valence-electron chi connectivity index (χ3n) is 6.30. The molecule has 0 saturated carbocycles. The molecule has 35 heavy (non-hydrogen) atoms. The van der Waals surface area contributed by atoms with Gasteiger partial charge >= 0.3 is 5.97 Å². The molecule has 0 bridgehead atoms. The van der Waals surface area contributed by atoms with Gasteiger partial charge in [-0.1, -0.05) is 24.3 Å². The molecule has 10 heteroatoms. The van der Waals surface area contributed by atoms with E-state index >= 15 is 0 Å². The number of carboxylic acid groups (broad SMARTS) is 1. The number of benzene rings is 2. The number of aliphatic hydroxyl groups excluding tert-OH is 1. The van der Waals surface area contributed by atoms with Crippen molar-refractivity contribution < 1.29 is 29.3 Å². The lowest BCUT2D eigenvalue weighted by atomic mass is 10.0. The van der Waals surface area contributed by atoms with E-state index in [9.17, 15) is 19.5 Å². The van der Waals surface area contributed by atoms with Gasteiger partial charge in [0.1, 0.15) is 5.75 Å². The first-order valence-electron chi connectivity index (χ1n) is 11.3. The maximum atomic E-state index is 13.3. The van der Waals surface area contributed by atoms with Crippen molar-refractivity contribution >= 4 is 35.9 Å². The first-order chi connectivity index (χ1) is 16.3. The Hall–Kier alpha value is -3.14. The Morgan fingerprint density at radius 3 is 2.77 bits per heavy atom. The molecule has 2 atom stereocenters. The minimum atomic E-state index is -1.06. The highest BCUT2D eigenvalue weighted by atomic mass is 35.5. The first-order valence-corrected chi connectivity index (χ1v) is 11.3. The third kappa shape index (κ3) is 6.72. The van der Waals surface area contributed by atoms with Crippen LogP contribution in [-0.4, -0.2) is 77.2 Å². The number of carbonyl (C=O) groups is 3. The summed E-state index contributed by atoms with van der Waals surface area (Å²) in [6.07, 6.45) is 0.836. The molecule has 2 aliphatic heterocycles. The summed E-state index contributed by atoms with van der Waals surface area (Å²) in [6.45, 7) is 1.36. The van der Waals surface area contributed by atoms with Gasteiger partial charge < -0.3 is 25.2 Å². The van der Waals surface area contributed by atoms with E-state index in [0.29, 0.717) is 31.7 Å². The maximum Gasteiger partial charge on any atom is 0.341 e. The number of likely N-dealkylation sites (N-methyl/N-ethyl adjacent to an activating group) is 1. The maximum absolute atomic E-state index is 13.3. The zero-order valence-corrected chi connectivity index (χ0v) is 20.3. The smallest absolute Gasteiger partial charge is 0.341 e. The molecule has 0 aromatic heterocycles. The number of aliphatic hydroxyl groups is 1. The second kappa shape index (κ2) is 11.5. The molecule has 0 aliphatic carbocycles. The van der Waals surface area contributed by atoms with Crippen LogP contribution in [0.25, 0.3) is 0 Å². The van der Waals surface area contributed by atoms with Crippen LogP contribution in [0.2, 0.25) is 0 Å². The van der Waals surface area contributed by atoms with Gasteiger partial charge in [-0.2, -0.15) is 0 Å². The van der Waals surface area contributed by atoms with E-state index in [2.05, 4.69) is 10.2 Å². The first kappa shape index (κ1) is 26.5. The number of halogens is 1. The number of nitrogens with zero attached hydrogens (tertiary/aromatic N) is 2. The predicted octanol–water partition coefficient (Wildman–Crippen LogP) is 1.88. The topological polar surface area (TPSA) is 119 Å². The molecule has 1 saturated heterocycles. The fraction of sp³-hybridized carbons (Fsp3) is 0.400. The van der Waals surface area contributed by atoms with E-state index in [1.807, 2.05) is 24.3 Å². The zero-order valence-electron chi connectivity index (χ0n) is 19.5. The van der Waals surface area contributed by atoms with Crippen molar-refractivity contribution in [2.24, 2.45) is 0 Å².